The normalized spacial score (nSPS) is 19.8. The van der Waals surface area contributed by atoms with Crippen LogP contribution in [0.3, 0.4) is 0 Å². The Hall–Kier alpha value is -1.79. The first-order chi connectivity index (χ1) is 15.9. The Morgan fingerprint density at radius 1 is 1.12 bits per heavy atom. The number of likely N-dealkylation sites (tertiary alicyclic amines) is 1. The van der Waals surface area contributed by atoms with Crippen LogP contribution in [0.25, 0.3) is 0 Å². The number of hydrogen-bond acceptors (Lipinski definition) is 4. The first kappa shape index (κ1) is 26.8. The van der Waals surface area contributed by atoms with E-state index in [-0.39, 0.29) is 42.8 Å². The molecule has 5 nitrogen and oxygen atoms in total. The highest BCUT2D eigenvalue weighted by Crippen LogP contribution is 2.41. The van der Waals surface area contributed by atoms with Crippen molar-refractivity contribution in [2.45, 2.75) is 57.5 Å². The SMILES string of the molecule is CCC(=O)Oc1cccc2c1CC[C@@H](N1CCCC1)[C@@H]2N(C)C(=O)Cc1ccc(Cl)c(Cl)c1.Cl. The Kier molecular flexibility index (Phi) is 9.27. The number of esters is 1. The molecule has 0 unspecified atom stereocenters. The molecule has 2 aliphatic rings. The number of carbonyl (C=O) groups excluding carboxylic acids is 2. The number of likely N-dealkylation sites (N-methyl/N-ethyl adjacent to an activating group) is 1. The fraction of sp³-hybridized carbons (Fsp3) is 0.462. The largest absolute Gasteiger partial charge is 0.426 e. The summed E-state index contributed by atoms with van der Waals surface area (Å²) in [6.07, 6.45) is 4.69. The summed E-state index contributed by atoms with van der Waals surface area (Å²) in [5, 5.41) is 0.927. The van der Waals surface area contributed by atoms with Gasteiger partial charge in [-0.3, -0.25) is 14.5 Å². The highest BCUT2D eigenvalue weighted by molar-refractivity contribution is 6.42. The summed E-state index contributed by atoms with van der Waals surface area (Å²) < 4.78 is 5.65. The van der Waals surface area contributed by atoms with Gasteiger partial charge in [0.25, 0.3) is 0 Å². The number of rotatable bonds is 6. The van der Waals surface area contributed by atoms with Crippen molar-refractivity contribution >= 4 is 47.5 Å². The summed E-state index contributed by atoms with van der Waals surface area (Å²) in [6, 6.07) is 11.3. The summed E-state index contributed by atoms with van der Waals surface area (Å²) in [5.74, 6) is 0.395. The second kappa shape index (κ2) is 11.8. The maximum Gasteiger partial charge on any atom is 0.310 e. The van der Waals surface area contributed by atoms with E-state index in [9.17, 15) is 9.59 Å². The minimum atomic E-state index is -0.245. The van der Waals surface area contributed by atoms with Crippen LogP contribution < -0.4 is 4.74 Å². The molecular formula is C26H31Cl3N2O3. The molecule has 1 fully saturated rings. The molecule has 0 radical (unpaired) electrons. The van der Waals surface area contributed by atoms with Gasteiger partial charge in [0.1, 0.15) is 5.75 Å². The number of amides is 1. The molecule has 8 heteroatoms. The Bertz CT molecular complexity index is 1040. The van der Waals surface area contributed by atoms with Crippen molar-refractivity contribution in [1.82, 2.24) is 9.80 Å². The number of carbonyl (C=O) groups is 2. The Morgan fingerprint density at radius 2 is 1.85 bits per heavy atom. The fourth-order valence-electron chi connectivity index (χ4n) is 5.10. The maximum absolute atomic E-state index is 13.4. The lowest BCUT2D eigenvalue weighted by Gasteiger charge is -2.44. The third kappa shape index (κ3) is 5.71. The van der Waals surface area contributed by atoms with Gasteiger partial charge in [-0.1, -0.05) is 48.3 Å². The second-order valence-corrected chi connectivity index (χ2v) is 9.69. The minimum Gasteiger partial charge on any atom is -0.426 e. The van der Waals surface area contributed by atoms with Crippen LogP contribution in [0.5, 0.6) is 5.75 Å². The monoisotopic (exact) mass is 524 g/mol. The number of fused-ring (bicyclic) bond motifs is 1. The van der Waals surface area contributed by atoms with Gasteiger partial charge in [0, 0.05) is 25.1 Å². The highest BCUT2D eigenvalue weighted by Gasteiger charge is 2.39. The van der Waals surface area contributed by atoms with E-state index >= 15 is 0 Å². The third-order valence-corrected chi connectivity index (χ3v) is 7.55. The minimum absolute atomic E-state index is 0. The molecule has 0 aromatic heterocycles. The van der Waals surface area contributed by atoms with E-state index in [1.807, 2.05) is 30.1 Å². The first-order valence-electron chi connectivity index (χ1n) is 11.6. The van der Waals surface area contributed by atoms with Gasteiger partial charge in [-0.05, 0) is 68.1 Å². The van der Waals surface area contributed by atoms with Gasteiger partial charge in [0.05, 0.1) is 22.5 Å². The Labute approximate surface area is 217 Å². The van der Waals surface area contributed by atoms with Crippen molar-refractivity contribution in [1.29, 1.82) is 0 Å². The molecule has 1 aliphatic heterocycles. The number of ether oxygens (including phenoxy) is 1. The standard InChI is InChI=1S/C26H30Cl2N2O3.ClH/c1-3-25(32)33-23-8-6-7-19-18(23)10-12-22(30-13-4-5-14-30)26(19)29(2)24(31)16-17-9-11-20(27)21(28)15-17;/h6-9,11,15,22,26H,3-5,10,12-14,16H2,1-2H3;1H/t22-,26-;/m1./s1. The van der Waals surface area contributed by atoms with Crippen LogP contribution in [-0.4, -0.2) is 47.9 Å². The van der Waals surface area contributed by atoms with Gasteiger partial charge in [-0.2, -0.15) is 0 Å². The van der Waals surface area contributed by atoms with Crippen LogP contribution >= 0.6 is 35.6 Å². The summed E-state index contributed by atoms with van der Waals surface area (Å²) in [6.45, 7) is 3.89. The predicted molar refractivity (Wildman–Crippen MR) is 138 cm³/mol. The van der Waals surface area contributed by atoms with Crippen molar-refractivity contribution in [2.75, 3.05) is 20.1 Å². The van der Waals surface area contributed by atoms with Crippen molar-refractivity contribution in [3.8, 4) is 5.75 Å². The zero-order valence-corrected chi connectivity index (χ0v) is 21.9. The average Bonchev–Trinajstić information content (AvgIpc) is 3.35. The van der Waals surface area contributed by atoms with Gasteiger partial charge >= 0.3 is 5.97 Å². The molecule has 0 N–H and O–H groups in total. The molecule has 2 aromatic rings. The summed E-state index contributed by atoms with van der Waals surface area (Å²) >= 11 is 12.2. The van der Waals surface area contributed by atoms with E-state index in [1.54, 1.807) is 19.1 Å². The van der Waals surface area contributed by atoms with Crippen molar-refractivity contribution in [3.63, 3.8) is 0 Å². The van der Waals surface area contributed by atoms with E-state index in [4.69, 9.17) is 27.9 Å². The summed E-state index contributed by atoms with van der Waals surface area (Å²) in [7, 11) is 1.88. The second-order valence-electron chi connectivity index (χ2n) is 8.88. The summed E-state index contributed by atoms with van der Waals surface area (Å²) in [4.78, 5) is 29.8. The lowest BCUT2D eigenvalue weighted by molar-refractivity contribution is -0.135. The molecule has 1 aliphatic carbocycles. The molecule has 184 valence electrons. The summed E-state index contributed by atoms with van der Waals surface area (Å²) in [5.41, 5.74) is 2.94. The first-order valence-corrected chi connectivity index (χ1v) is 12.4. The zero-order chi connectivity index (χ0) is 23.5. The molecule has 1 amide bonds. The number of halogens is 3. The van der Waals surface area contributed by atoms with Gasteiger partial charge < -0.3 is 9.64 Å². The van der Waals surface area contributed by atoms with Crippen LogP contribution in [0.2, 0.25) is 10.0 Å². The van der Waals surface area contributed by atoms with Gasteiger partial charge in [0.2, 0.25) is 5.91 Å². The van der Waals surface area contributed by atoms with Crippen LogP contribution in [-0.2, 0) is 22.4 Å². The van der Waals surface area contributed by atoms with E-state index in [0.717, 1.165) is 42.6 Å². The fourth-order valence-corrected chi connectivity index (χ4v) is 5.42. The maximum atomic E-state index is 13.4. The average molecular weight is 526 g/mol. The van der Waals surface area contributed by atoms with E-state index in [1.165, 1.54) is 12.8 Å². The molecule has 4 rings (SSSR count). The van der Waals surface area contributed by atoms with Crippen LogP contribution in [0.4, 0.5) is 0 Å². The molecular weight excluding hydrogens is 495 g/mol. The number of hydrogen-bond donors (Lipinski definition) is 0. The molecule has 0 bridgehead atoms. The lowest BCUT2D eigenvalue weighted by Crippen LogP contribution is -2.48. The van der Waals surface area contributed by atoms with Crippen LogP contribution in [0.15, 0.2) is 36.4 Å². The molecule has 34 heavy (non-hydrogen) atoms. The third-order valence-electron chi connectivity index (χ3n) is 6.81. The highest BCUT2D eigenvalue weighted by atomic mass is 35.5. The van der Waals surface area contributed by atoms with E-state index < -0.39 is 0 Å². The number of nitrogens with zero attached hydrogens (tertiary/aromatic N) is 2. The van der Waals surface area contributed by atoms with E-state index in [0.29, 0.717) is 22.2 Å². The Morgan fingerprint density at radius 3 is 2.53 bits per heavy atom. The van der Waals surface area contributed by atoms with Crippen molar-refractivity contribution in [3.05, 3.63) is 63.1 Å². The van der Waals surface area contributed by atoms with E-state index in [2.05, 4.69) is 11.0 Å². The molecule has 1 heterocycles. The molecule has 2 atom stereocenters. The van der Waals surface area contributed by atoms with Crippen molar-refractivity contribution < 1.29 is 14.3 Å². The molecule has 0 saturated carbocycles. The smallest absolute Gasteiger partial charge is 0.310 e. The molecule has 2 aromatic carbocycles. The topological polar surface area (TPSA) is 49.9 Å². The predicted octanol–water partition coefficient (Wildman–Crippen LogP) is 5.88. The van der Waals surface area contributed by atoms with Crippen LogP contribution in [0, 0.1) is 0 Å². The molecule has 1 saturated heterocycles. The van der Waals surface area contributed by atoms with Gasteiger partial charge in [-0.15, -0.1) is 12.4 Å². The zero-order valence-electron chi connectivity index (χ0n) is 19.6. The lowest BCUT2D eigenvalue weighted by atomic mass is 9.81. The van der Waals surface area contributed by atoms with Gasteiger partial charge in [0.15, 0.2) is 0 Å². The Balaban J connectivity index is 0.00000324. The van der Waals surface area contributed by atoms with Crippen molar-refractivity contribution in [2.24, 2.45) is 0 Å². The van der Waals surface area contributed by atoms with Gasteiger partial charge in [-0.25, -0.2) is 0 Å². The van der Waals surface area contributed by atoms with Crippen LogP contribution in [0.1, 0.15) is 55.3 Å². The molecule has 0 spiro atoms. The number of benzene rings is 2. The quantitative estimate of drug-likeness (QED) is 0.349.